The van der Waals surface area contributed by atoms with Gasteiger partial charge in [0.15, 0.2) is 0 Å². The average Bonchev–Trinajstić information content (AvgIpc) is 2.73. The standard InChI is InChI=1S/C22H25FN2O4S2/c1-14-12-25(13-15(2)29-14)31(27,28)18-5-3-4-16(10-18)22(26)24-20-8-9-30-21-7-6-17(23)11-19(20)21/h3-7,10-11,14-15,20H,8-9,12-13H2,1-2H3,(H,24,26)/t14-,15-,20+/m1/s1. The van der Waals surface area contributed by atoms with Crippen LogP contribution in [0.3, 0.4) is 0 Å². The van der Waals surface area contributed by atoms with E-state index in [1.54, 1.807) is 30.0 Å². The molecule has 4 rings (SSSR count). The van der Waals surface area contributed by atoms with E-state index in [4.69, 9.17) is 4.74 Å². The summed E-state index contributed by atoms with van der Waals surface area (Å²) in [7, 11) is -3.75. The van der Waals surface area contributed by atoms with Gasteiger partial charge in [-0.15, -0.1) is 11.8 Å². The lowest BCUT2D eigenvalue weighted by Gasteiger charge is -2.34. The largest absolute Gasteiger partial charge is 0.373 e. The van der Waals surface area contributed by atoms with Crippen LogP contribution >= 0.6 is 11.8 Å². The number of nitrogens with zero attached hydrogens (tertiary/aromatic N) is 1. The quantitative estimate of drug-likeness (QED) is 0.749. The maximum absolute atomic E-state index is 13.7. The van der Waals surface area contributed by atoms with E-state index >= 15 is 0 Å². The number of hydrogen-bond acceptors (Lipinski definition) is 5. The molecule has 0 radical (unpaired) electrons. The summed E-state index contributed by atoms with van der Waals surface area (Å²) in [6.07, 6.45) is 0.276. The summed E-state index contributed by atoms with van der Waals surface area (Å²) in [5.41, 5.74) is 1.01. The lowest BCUT2D eigenvalue weighted by Crippen LogP contribution is -2.48. The monoisotopic (exact) mass is 464 g/mol. The van der Waals surface area contributed by atoms with Crippen LogP contribution in [0.15, 0.2) is 52.3 Å². The maximum Gasteiger partial charge on any atom is 0.251 e. The molecule has 9 heteroatoms. The minimum absolute atomic E-state index is 0.0760. The zero-order chi connectivity index (χ0) is 22.2. The van der Waals surface area contributed by atoms with Crippen molar-refractivity contribution >= 4 is 27.7 Å². The minimum Gasteiger partial charge on any atom is -0.373 e. The Balaban J connectivity index is 1.55. The van der Waals surface area contributed by atoms with E-state index in [0.717, 1.165) is 16.2 Å². The van der Waals surface area contributed by atoms with Gasteiger partial charge < -0.3 is 10.1 Å². The van der Waals surface area contributed by atoms with Gasteiger partial charge in [-0.3, -0.25) is 4.79 Å². The molecule has 1 N–H and O–H groups in total. The number of thioether (sulfide) groups is 1. The summed E-state index contributed by atoms with van der Waals surface area (Å²) in [6.45, 7) is 4.22. The topological polar surface area (TPSA) is 75.7 Å². The van der Waals surface area contributed by atoms with Gasteiger partial charge >= 0.3 is 0 Å². The van der Waals surface area contributed by atoms with Crippen molar-refractivity contribution < 1.29 is 22.3 Å². The van der Waals surface area contributed by atoms with E-state index in [2.05, 4.69) is 5.32 Å². The molecule has 166 valence electrons. The number of hydrogen-bond donors (Lipinski definition) is 1. The molecular formula is C22H25FN2O4S2. The second-order valence-corrected chi connectivity index (χ2v) is 11.0. The number of morpholine rings is 1. The number of carbonyl (C=O) groups excluding carboxylic acids is 1. The van der Waals surface area contributed by atoms with E-state index in [9.17, 15) is 17.6 Å². The van der Waals surface area contributed by atoms with Gasteiger partial charge in [0.05, 0.1) is 23.1 Å². The Kier molecular flexibility index (Phi) is 6.39. The van der Waals surface area contributed by atoms with Crippen LogP contribution in [-0.4, -0.2) is 49.7 Å². The van der Waals surface area contributed by atoms with Gasteiger partial charge in [0.2, 0.25) is 10.0 Å². The molecule has 0 bridgehead atoms. The molecule has 2 heterocycles. The first-order valence-electron chi connectivity index (χ1n) is 10.2. The zero-order valence-corrected chi connectivity index (χ0v) is 19.0. The molecule has 0 aromatic heterocycles. The van der Waals surface area contributed by atoms with Crippen molar-refractivity contribution in [2.75, 3.05) is 18.8 Å². The van der Waals surface area contributed by atoms with Crippen LogP contribution in [0.5, 0.6) is 0 Å². The third-order valence-corrected chi connectivity index (χ3v) is 8.39. The van der Waals surface area contributed by atoms with Crippen LogP contribution in [0, 0.1) is 5.82 Å². The highest BCUT2D eigenvalue weighted by molar-refractivity contribution is 7.99. The van der Waals surface area contributed by atoms with Gasteiger partial charge in [0.25, 0.3) is 5.91 Å². The Hall–Kier alpha value is -1.94. The fraction of sp³-hybridized carbons (Fsp3) is 0.409. The van der Waals surface area contributed by atoms with Gasteiger partial charge in [-0.2, -0.15) is 4.31 Å². The average molecular weight is 465 g/mol. The summed E-state index contributed by atoms with van der Waals surface area (Å²) >= 11 is 1.63. The molecule has 3 atom stereocenters. The van der Waals surface area contributed by atoms with Crippen LogP contribution < -0.4 is 5.32 Å². The highest BCUT2D eigenvalue weighted by Crippen LogP contribution is 2.36. The van der Waals surface area contributed by atoms with Gasteiger partial charge in [-0.1, -0.05) is 6.07 Å². The molecule has 1 amide bonds. The zero-order valence-electron chi connectivity index (χ0n) is 17.4. The molecule has 2 aliphatic rings. The smallest absolute Gasteiger partial charge is 0.251 e. The summed E-state index contributed by atoms with van der Waals surface area (Å²) in [4.78, 5) is 14.0. The maximum atomic E-state index is 13.7. The van der Waals surface area contributed by atoms with Crippen molar-refractivity contribution in [1.29, 1.82) is 0 Å². The molecule has 6 nitrogen and oxygen atoms in total. The molecule has 1 saturated heterocycles. The van der Waals surface area contributed by atoms with E-state index in [-0.39, 0.29) is 53.5 Å². The van der Waals surface area contributed by atoms with Crippen molar-refractivity contribution in [3.05, 3.63) is 59.4 Å². The van der Waals surface area contributed by atoms with Crippen LogP contribution in [0.4, 0.5) is 4.39 Å². The fourth-order valence-electron chi connectivity index (χ4n) is 4.03. The molecule has 0 saturated carbocycles. The highest BCUT2D eigenvalue weighted by atomic mass is 32.2. The number of sulfonamides is 1. The van der Waals surface area contributed by atoms with Crippen LogP contribution in [0.1, 0.15) is 42.2 Å². The molecule has 1 fully saturated rings. The van der Waals surface area contributed by atoms with Crippen LogP contribution in [0.2, 0.25) is 0 Å². The van der Waals surface area contributed by atoms with Crippen molar-refractivity contribution in [2.24, 2.45) is 0 Å². The first kappa shape index (κ1) is 22.3. The number of benzene rings is 2. The second kappa shape index (κ2) is 8.90. The number of halogens is 1. The lowest BCUT2D eigenvalue weighted by atomic mass is 10.0. The molecule has 0 spiro atoms. The summed E-state index contributed by atoms with van der Waals surface area (Å²) < 4.78 is 47.1. The van der Waals surface area contributed by atoms with Gasteiger partial charge in [0, 0.05) is 29.3 Å². The number of ether oxygens (including phenoxy) is 1. The SMILES string of the molecule is C[C@@H]1CN(S(=O)(=O)c2cccc(C(=O)N[C@H]3CCSc4ccc(F)cc43)c2)C[C@@H](C)O1. The molecule has 2 aromatic carbocycles. The van der Waals surface area contributed by atoms with Crippen molar-refractivity contribution in [3.63, 3.8) is 0 Å². The van der Waals surface area contributed by atoms with Crippen LogP contribution in [-0.2, 0) is 14.8 Å². The number of amides is 1. The Morgan fingerprint density at radius 1 is 1.16 bits per heavy atom. The number of nitrogens with one attached hydrogen (secondary N) is 1. The van der Waals surface area contributed by atoms with Gasteiger partial charge in [-0.25, -0.2) is 12.8 Å². The number of fused-ring (bicyclic) bond motifs is 1. The van der Waals surface area contributed by atoms with Crippen molar-refractivity contribution in [3.8, 4) is 0 Å². The Labute approximate surface area is 186 Å². The molecule has 2 aliphatic heterocycles. The molecule has 0 aliphatic carbocycles. The van der Waals surface area contributed by atoms with Gasteiger partial charge in [-0.05, 0) is 62.2 Å². The first-order chi connectivity index (χ1) is 14.7. The molecule has 2 aromatic rings. The Bertz CT molecular complexity index is 1080. The second-order valence-electron chi connectivity index (χ2n) is 7.95. The highest BCUT2D eigenvalue weighted by Gasteiger charge is 2.32. The fourth-order valence-corrected chi connectivity index (χ4v) is 6.77. The Morgan fingerprint density at radius 3 is 2.65 bits per heavy atom. The normalized spacial score (nSPS) is 24.4. The lowest BCUT2D eigenvalue weighted by molar-refractivity contribution is -0.0440. The predicted octanol–water partition coefficient (Wildman–Crippen LogP) is 3.59. The molecule has 0 unspecified atom stereocenters. The van der Waals surface area contributed by atoms with E-state index in [0.29, 0.717) is 6.42 Å². The summed E-state index contributed by atoms with van der Waals surface area (Å²) in [5.74, 6) is 0.0845. The molecule has 31 heavy (non-hydrogen) atoms. The minimum atomic E-state index is -3.75. The third kappa shape index (κ3) is 4.79. The van der Waals surface area contributed by atoms with Crippen molar-refractivity contribution in [1.82, 2.24) is 9.62 Å². The number of rotatable bonds is 4. The Morgan fingerprint density at radius 2 is 1.90 bits per heavy atom. The molecular weight excluding hydrogens is 439 g/mol. The van der Waals surface area contributed by atoms with E-state index in [1.165, 1.54) is 28.6 Å². The van der Waals surface area contributed by atoms with E-state index in [1.807, 2.05) is 13.8 Å². The van der Waals surface area contributed by atoms with E-state index < -0.39 is 10.0 Å². The van der Waals surface area contributed by atoms with Crippen LogP contribution in [0.25, 0.3) is 0 Å². The first-order valence-corrected chi connectivity index (χ1v) is 12.7. The summed E-state index contributed by atoms with van der Waals surface area (Å²) in [6, 6.07) is 10.3. The van der Waals surface area contributed by atoms with Crippen molar-refractivity contribution in [2.45, 2.75) is 48.3 Å². The van der Waals surface area contributed by atoms with Gasteiger partial charge in [0.1, 0.15) is 5.82 Å². The summed E-state index contributed by atoms with van der Waals surface area (Å²) in [5, 5.41) is 2.94. The predicted molar refractivity (Wildman–Crippen MR) is 117 cm³/mol. The third-order valence-electron chi connectivity index (χ3n) is 5.44. The number of carbonyl (C=O) groups is 1.